The first-order valence-corrected chi connectivity index (χ1v) is 8.36. The lowest BCUT2D eigenvalue weighted by Crippen LogP contribution is -2.24. The highest BCUT2D eigenvalue weighted by atomic mass is 16.6. The summed E-state index contributed by atoms with van der Waals surface area (Å²) in [4.78, 5) is 23.6. The normalized spacial score (nSPS) is 12.2. The molecule has 136 valence electrons. The molecule has 0 aliphatic carbocycles. The van der Waals surface area contributed by atoms with E-state index in [4.69, 9.17) is 13.6 Å². The average Bonchev–Trinajstić information content (AvgIpc) is 3.11. The number of fused-ring (bicyclic) bond motifs is 2. The summed E-state index contributed by atoms with van der Waals surface area (Å²) in [6, 6.07) is 15.8. The van der Waals surface area contributed by atoms with Gasteiger partial charge >= 0.3 is 11.6 Å². The minimum absolute atomic E-state index is 0.399. The summed E-state index contributed by atoms with van der Waals surface area (Å²) in [7, 11) is 1.30. The zero-order chi connectivity index (χ0) is 19.0. The number of carbonyl (C=O) groups excluding carboxylic acids is 1. The van der Waals surface area contributed by atoms with Gasteiger partial charge in [-0.2, -0.15) is 0 Å². The van der Waals surface area contributed by atoms with Crippen LogP contribution in [0.5, 0.6) is 5.75 Å². The van der Waals surface area contributed by atoms with E-state index in [9.17, 15) is 9.59 Å². The Morgan fingerprint density at radius 1 is 1.00 bits per heavy atom. The van der Waals surface area contributed by atoms with E-state index in [0.29, 0.717) is 28.0 Å². The van der Waals surface area contributed by atoms with Gasteiger partial charge in [-0.15, -0.1) is 0 Å². The van der Waals surface area contributed by atoms with Gasteiger partial charge in [0.25, 0.3) is 0 Å². The Labute approximate surface area is 153 Å². The van der Waals surface area contributed by atoms with Crippen LogP contribution in [0, 0.1) is 0 Å². The van der Waals surface area contributed by atoms with Gasteiger partial charge in [-0.05, 0) is 37.3 Å². The van der Waals surface area contributed by atoms with Gasteiger partial charge in [-0.3, -0.25) is 0 Å². The molecule has 0 aliphatic heterocycles. The Kier molecular flexibility index (Phi) is 4.16. The van der Waals surface area contributed by atoms with Crippen LogP contribution in [0.3, 0.4) is 0 Å². The van der Waals surface area contributed by atoms with Crippen molar-refractivity contribution < 1.29 is 23.1 Å². The molecule has 0 N–H and O–H groups in total. The molecule has 0 amide bonds. The summed E-state index contributed by atoms with van der Waals surface area (Å²) < 4.78 is 21.5. The van der Waals surface area contributed by atoms with Crippen LogP contribution in [0.2, 0.25) is 0 Å². The molecule has 0 saturated heterocycles. The van der Waals surface area contributed by atoms with Gasteiger partial charge in [-0.1, -0.05) is 18.2 Å². The van der Waals surface area contributed by atoms with Crippen LogP contribution in [0.1, 0.15) is 6.92 Å². The summed E-state index contributed by atoms with van der Waals surface area (Å²) >= 11 is 0. The van der Waals surface area contributed by atoms with Crippen LogP contribution in [0.4, 0.5) is 0 Å². The van der Waals surface area contributed by atoms with Crippen molar-refractivity contribution in [3.8, 4) is 17.1 Å². The highest BCUT2D eigenvalue weighted by Gasteiger charge is 2.17. The lowest BCUT2D eigenvalue weighted by atomic mass is 10.1. The van der Waals surface area contributed by atoms with Gasteiger partial charge < -0.3 is 18.3 Å². The first-order valence-electron chi connectivity index (χ1n) is 8.36. The second kappa shape index (κ2) is 6.64. The highest BCUT2D eigenvalue weighted by molar-refractivity contribution is 5.95. The molecule has 0 aliphatic rings. The fraction of sp³-hybridized carbons (Fsp3) is 0.143. The number of esters is 1. The van der Waals surface area contributed by atoms with Gasteiger partial charge in [0, 0.05) is 22.4 Å². The van der Waals surface area contributed by atoms with Crippen molar-refractivity contribution >= 4 is 27.9 Å². The van der Waals surface area contributed by atoms with Crippen LogP contribution in [-0.4, -0.2) is 19.2 Å². The minimum atomic E-state index is -0.766. The highest BCUT2D eigenvalue weighted by Crippen LogP contribution is 2.33. The largest absolute Gasteiger partial charge is 0.479 e. The molecule has 0 saturated carbocycles. The predicted octanol–water partition coefficient (Wildman–Crippen LogP) is 4.15. The number of rotatable bonds is 4. The van der Waals surface area contributed by atoms with Crippen molar-refractivity contribution in [2.75, 3.05) is 7.11 Å². The molecule has 2 aromatic heterocycles. The second-order valence-corrected chi connectivity index (χ2v) is 6.07. The minimum Gasteiger partial charge on any atom is -0.479 e. The maximum atomic E-state index is 12.0. The van der Waals surface area contributed by atoms with Crippen molar-refractivity contribution in [3.63, 3.8) is 0 Å². The molecule has 2 aromatic carbocycles. The van der Waals surface area contributed by atoms with Crippen LogP contribution in [0.25, 0.3) is 33.3 Å². The van der Waals surface area contributed by atoms with E-state index < -0.39 is 17.7 Å². The smallest absolute Gasteiger partial charge is 0.346 e. The summed E-state index contributed by atoms with van der Waals surface area (Å²) in [5.41, 5.74) is 1.24. The van der Waals surface area contributed by atoms with Crippen LogP contribution in [-0.2, 0) is 9.53 Å². The standard InChI is InChI=1S/C21H16O6/c1-12(21(23)24-2)25-14-7-8-18-15(10-14)16(11-20(22)27-18)19-9-13-5-3-4-6-17(13)26-19/h3-12H,1-2H3/t12-/m1/s1. The van der Waals surface area contributed by atoms with Gasteiger partial charge in [0.05, 0.1) is 7.11 Å². The topological polar surface area (TPSA) is 78.9 Å². The van der Waals surface area contributed by atoms with Crippen molar-refractivity contribution in [1.29, 1.82) is 0 Å². The van der Waals surface area contributed by atoms with E-state index in [1.165, 1.54) is 13.2 Å². The molecule has 0 bridgehead atoms. The number of para-hydroxylation sites is 1. The molecule has 4 aromatic rings. The molecule has 6 nitrogen and oxygen atoms in total. The van der Waals surface area contributed by atoms with Gasteiger partial charge in [0.1, 0.15) is 22.7 Å². The number of hydrogen-bond donors (Lipinski definition) is 0. The lowest BCUT2D eigenvalue weighted by molar-refractivity contribution is -0.147. The third kappa shape index (κ3) is 3.17. The first-order chi connectivity index (χ1) is 13.0. The quantitative estimate of drug-likeness (QED) is 0.400. The van der Waals surface area contributed by atoms with Crippen molar-refractivity contribution in [1.82, 2.24) is 0 Å². The number of hydrogen-bond acceptors (Lipinski definition) is 6. The Hall–Kier alpha value is -3.54. The second-order valence-electron chi connectivity index (χ2n) is 6.07. The fourth-order valence-corrected chi connectivity index (χ4v) is 2.95. The molecule has 6 heteroatoms. The Bertz CT molecular complexity index is 1170. The number of ether oxygens (including phenoxy) is 2. The molecule has 2 heterocycles. The molecule has 0 radical (unpaired) electrons. The Balaban J connectivity index is 1.85. The number of furan rings is 1. The van der Waals surface area contributed by atoms with Gasteiger partial charge in [-0.25, -0.2) is 9.59 Å². The maximum absolute atomic E-state index is 12.0. The fourth-order valence-electron chi connectivity index (χ4n) is 2.95. The molecule has 27 heavy (non-hydrogen) atoms. The predicted molar refractivity (Wildman–Crippen MR) is 99.8 cm³/mol. The van der Waals surface area contributed by atoms with Crippen LogP contribution >= 0.6 is 0 Å². The monoisotopic (exact) mass is 364 g/mol. The van der Waals surface area contributed by atoms with Crippen molar-refractivity contribution in [2.24, 2.45) is 0 Å². The molecule has 1 atom stereocenters. The Morgan fingerprint density at radius 2 is 1.81 bits per heavy atom. The number of methoxy groups -OCH3 is 1. The molecular weight excluding hydrogens is 348 g/mol. The van der Waals surface area contributed by atoms with Gasteiger partial charge in [0.2, 0.25) is 0 Å². The SMILES string of the molecule is COC(=O)[C@@H](C)Oc1ccc2oc(=O)cc(-c3cc4ccccc4o3)c2c1. The third-order valence-electron chi connectivity index (χ3n) is 4.25. The Morgan fingerprint density at radius 3 is 2.59 bits per heavy atom. The first kappa shape index (κ1) is 16.9. The van der Waals surface area contributed by atoms with E-state index in [-0.39, 0.29) is 0 Å². The summed E-state index contributed by atoms with van der Waals surface area (Å²) in [6.45, 7) is 1.60. The van der Waals surface area contributed by atoms with Crippen LogP contribution in [0.15, 0.2) is 68.2 Å². The molecule has 4 rings (SSSR count). The van der Waals surface area contributed by atoms with E-state index >= 15 is 0 Å². The average molecular weight is 364 g/mol. The van der Waals surface area contributed by atoms with Crippen molar-refractivity contribution in [3.05, 3.63) is 65.0 Å². The zero-order valence-corrected chi connectivity index (χ0v) is 14.7. The van der Waals surface area contributed by atoms with Crippen molar-refractivity contribution in [2.45, 2.75) is 13.0 Å². The molecular formula is C21H16O6. The summed E-state index contributed by atoms with van der Waals surface area (Å²) in [6.07, 6.45) is -0.766. The van der Waals surface area contributed by atoms with Gasteiger partial charge in [0.15, 0.2) is 6.10 Å². The number of carbonyl (C=O) groups is 1. The van der Waals surface area contributed by atoms with E-state index in [2.05, 4.69) is 4.74 Å². The maximum Gasteiger partial charge on any atom is 0.346 e. The molecule has 0 unspecified atom stereocenters. The van der Waals surface area contributed by atoms with E-state index in [0.717, 1.165) is 11.0 Å². The zero-order valence-electron chi connectivity index (χ0n) is 14.7. The van der Waals surface area contributed by atoms with E-state index in [1.807, 2.05) is 30.3 Å². The summed E-state index contributed by atoms with van der Waals surface area (Å²) in [5.74, 6) is 0.520. The lowest BCUT2D eigenvalue weighted by Gasteiger charge is -2.13. The van der Waals surface area contributed by atoms with E-state index in [1.54, 1.807) is 25.1 Å². The summed E-state index contributed by atoms with van der Waals surface area (Å²) in [5, 5.41) is 1.57. The number of benzene rings is 2. The molecule has 0 spiro atoms. The third-order valence-corrected chi connectivity index (χ3v) is 4.25. The van der Waals surface area contributed by atoms with Crippen LogP contribution < -0.4 is 10.4 Å². The molecule has 0 fully saturated rings.